The van der Waals surface area contributed by atoms with Gasteiger partial charge in [-0.2, -0.15) is 0 Å². The van der Waals surface area contributed by atoms with Crippen LogP contribution in [0.2, 0.25) is 0 Å². The zero-order valence-corrected chi connectivity index (χ0v) is 12.4. The zero-order chi connectivity index (χ0) is 14.6. The van der Waals surface area contributed by atoms with E-state index >= 15 is 0 Å². The summed E-state index contributed by atoms with van der Waals surface area (Å²) in [4.78, 5) is 0. The maximum Gasteiger partial charge on any atom is 0.229 e. The van der Waals surface area contributed by atoms with Crippen molar-refractivity contribution in [3.05, 3.63) is 59.7 Å². The monoisotopic (exact) mass is 290 g/mol. The third-order valence-corrected chi connectivity index (χ3v) is 3.41. The number of hydrogen-bond acceptors (Lipinski definition) is 3. The first-order valence-electron chi connectivity index (χ1n) is 6.30. The third kappa shape index (κ3) is 4.59. The Bertz CT molecular complexity index is 662. The van der Waals surface area contributed by atoms with E-state index in [2.05, 4.69) is 41.2 Å². The van der Waals surface area contributed by atoms with Crippen LogP contribution in [0.5, 0.6) is 0 Å². The molecule has 0 unspecified atom stereocenters. The summed E-state index contributed by atoms with van der Waals surface area (Å²) in [5, 5.41) is 3.29. The van der Waals surface area contributed by atoms with Crippen molar-refractivity contribution in [1.29, 1.82) is 0 Å². The molecule has 0 aliphatic rings. The van der Waals surface area contributed by atoms with Crippen LogP contribution in [0.1, 0.15) is 11.1 Å². The minimum atomic E-state index is -3.22. The number of benzene rings is 2. The van der Waals surface area contributed by atoms with E-state index in [0.717, 1.165) is 18.5 Å². The van der Waals surface area contributed by atoms with Crippen molar-refractivity contribution in [3.8, 4) is 0 Å². The van der Waals surface area contributed by atoms with Crippen molar-refractivity contribution in [2.45, 2.75) is 13.5 Å². The van der Waals surface area contributed by atoms with Crippen molar-refractivity contribution in [2.24, 2.45) is 0 Å². The van der Waals surface area contributed by atoms with E-state index in [0.29, 0.717) is 5.69 Å². The molecule has 0 radical (unpaired) electrons. The lowest BCUT2D eigenvalue weighted by Gasteiger charge is -2.08. The average Bonchev–Trinajstić information content (AvgIpc) is 2.38. The van der Waals surface area contributed by atoms with Crippen molar-refractivity contribution in [1.82, 2.24) is 0 Å². The second-order valence-corrected chi connectivity index (χ2v) is 6.54. The summed E-state index contributed by atoms with van der Waals surface area (Å²) in [5.74, 6) is 0. The second-order valence-electron chi connectivity index (χ2n) is 4.79. The van der Waals surface area contributed by atoms with Crippen LogP contribution in [0, 0.1) is 6.92 Å². The first kappa shape index (κ1) is 14.4. The number of rotatable bonds is 5. The molecule has 4 nitrogen and oxygen atoms in total. The Balaban J connectivity index is 1.95. The Hall–Kier alpha value is -2.01. The van der Waals surface area contributed by atoms with Crippen LogP contribution >= 0.6 is 0 Å². The molecule has 2 N–H and O–H groups in total. The molecule has 0 saturated heterocycles. The van der Waals surface area contributed by atoms with E-state index in [4.69, 9.17) is 0 Å². The minimum absolute atomic E-state index is 0.563. The lowest BCUT2D eigenvalue weighted by Crippen LogP contribution is -2.09. The molecule has 0 atom stereocenters. The Labute approximate surface area is 119 Å². The summed E-state index contributed by atoms with van der Waals surface area (Å²) < 4.78 is 24.6. The van der Waals surface area contributed by atoms with Gasteiger partial charge in [0.1, 0.15) is 0 Å². The van der Waals surface area contributed by atoms with Gasteiger partial charge in [-0.1, -0.05) is 29.8 Å². The molecule has 20 heavy (non-hydrogen) atoms. The highest BCUT2D eigenvalue weighted by atomic mass is 32.2. The molecule has 5 heteroatoms. The lowest BCUT2D eigenvalue weighted by atomic mass is 10.1. The molecular weight excluding hydrogens is 272 g/mol. The molecule has 0 fully saturated rings. The average molecular weight is 290 g/mol. The fraction of sp³-hybridized carbons (Fsp3) is 0.200. The summed E-state index contributed by atoms with van der Waals surface area (Å²) in [5.41, 5.74) is 3.96. The molecule has 0 heterocycles. The number of hydrogen-bond donors (Lipinski definition) is 2. The SMILES string of the molecule is Cc1ccc(CNc2ccc(NS(C)(=O)=O)cc2)cc1. The van der Waals surface area contributed by atoms with Gasteiger partial charge in [0.05, 0.1) is 6.26 Å². The summed E-state index contributed by atoms with van der Waals surface area (Å²) in [6.07, 6.45) is 1.14. The molecule has 0 aliphatic carbocycles. The van der Waals surface area contributed by atoms with Crippen molar-refractivity contribution < 1.29 is 8.42 Å². The Morgan fingerprint density at radius 1 is 0.900 bits per heavy atom. The fourth-order valence-corrected chi connectivity index (χ4v) is 2.34. The van der Waals surface area contributed by atoms with Gasteiger partial charge >= 0.3 is 0 Å². The van der Waals surface area contributed by atoms with Gasteiger partial charge in [0.25, 0.3) is 0 Å². The predicted molar refractivity (Wildman–Crippen MR) is 83.4 cm³/mol. The second kappa shape index (κ2) is 5.96. The summed E-state index contributed by atoms with van der Waals surface area (Å²) in [6, 6.07) is 15.5. The van der Waals surface area contributed by atoms with E-state index in [1.165, 1.54) is 11.1 Å². The Morgan fingerprint density at radius 2 is 1.45 bits per heavy atom. The minimum Gasteiger partial charge on any atom is -0.381 e. The molecule has 2 aromatic rings. The molecule has 0 amide bonds. The highest BCUT2D eigenvalue weighted by Crippen LogP contribution is 2.15. The highest BCUT2D eigenvalue weighted by Gasteiger charge is 2.01. The number of aryl methyl sites for hydroxylation is 1. The Morgan fingerprint density at radius 3 is 2.00 bits per heavy atom. The maximum atomic E-state index is 11.1. The van der Waals surface area contributed by atoms with Crippen LogP contribution in [0.15, 0.2) is 48.5 Å². The van der Waals surface area contributed by atoms with Gasteiger partial charge in [-0.15, -0.1) is 0 Å². The molecule has 0 spiro atoms. The van der Waals surface area contributed by atoms with E-state index in [1.54, 1.807) is 12.1 Å². The maximum absolute atomic E-state index is 11.1. The Kier molecular flexibility index (Phi) is 4.29. The quantitative estimate of drug-likeness (QED) is 0.890. The first-order chi connectivity index (χ1) is 9.42. The predicted octanol–water partition coefficient (Wildman–Crippen LogP) is 2.98. The molecule has 0 aromatic heterocycles. The van der Waals surface area contributed by atoms with E-state index in [1.807, 2.05) is 12.1 Å². The molecular formula is C15H18N2O2S. The van der Waals surface area contributed by atoms with Gasteiger partial charge in [0.2, 0.25) is 10.0 Å². The van der Waals surface area contributed by atoms with Crippen LogP contribution in [-0.2, 0) is 16.6 Å². The smallest absolute Gasteiger partial charge is 0.229 e. The van der Waals surface area contributed by atoms with Gasteiger partial charge in [-0.3, -0.25) is 4.72 Å². The molecule has 0 bridgehead atoms. The fourth-order valence-electron chi connectivity index (χ4n) is 1.78. The normalized spacial score (nSPS) is 11.1. The van der Waals surface area contributed by atoms with Gasteiger partial charge < -0.3 is 5.32 Å². The molecule has 2 rings (SSSR count). The molecule has 0 saturated carbocycles. The number of sulfonamides is 1. The van der Waals surface area contributed by atoms with Crippen LogP contribution < -0.4 is 10.0 Å². The third-order valence-electron chi connectivity index (χ3n) is 2.81. The molecule has 106 valence electrons. The largest absolute Gasteiger partial charge is 0.381 e. The summed E-state index contributed by atoms with van der Waals surface area (Å²) in [6.45, 7) is 2.80. The van der Waals surface area contributed by atoms with Crippen molar-refractivity contribution in [3.63, 3.8) is 0 Å². The summed E-state index contributed by atoms with van der Waals surface area (Å²) >= 11 is 0. The van der Waals surface area contributed by atoms with Gasteiger partial charge in [-0.25, -0.2) is 8.42 Å². The van der Waals surface area contributed by atoms with Crippen LogP contribution in [0.3, 0.4) is 0 Å². The summed E-state index contributed by atoms with van der Waals surface area (Å²) in [7, 11) is -3.22. The van der Waals surface area contributed by atoms with E-state index in [9.17, 15) is 8.42 Å². The van der Waals surface area contributed by atoms with Gasteiger partial charge in [0, 0.05) is 17.9 Å². The lowest BCUT2D eigenvalue weighted by molar-refractivity contribution is 0.607. The number of nitrogens with one attached hydrogen (secondary N) is 2. The van der Waals surface area contributed by atoms with Crippen molar-refractivity contribution in [2.75, 3.05) is 16.3 Å². The first-order valence-corrected chi connectivity index (χ1v) is 8.19. The van der Waals surface area contributed by atoms with Crippen molar-refractivity contribution >= 4 is 21.4 Å². The topological polar surface area (TPSA) is 58.2 Å². The zero-order valence-electron chi connectivity index (χ0n) is 11.6. The molecule has 0 aliphatic heterocycles. The van der Waals surface area contributed by atoms with Crippen LogP contribution in [0.25, 0.3) is 0 Å². The standard InChI is InChI=1S/C15H18N2O2S/c1-12-3-5-13(6-4-12)11-16-14-7-9-15(10-8-14)17-20(2,18)19/h3-10,16-17H,11H2,1-2H3. The number of anilines is 2. The highest BCUT2D eigenvalue weighted by molar-refractivity contribution is 7.92. The van der Waals surface area contributed by atoms with Crippen LogP contribution in [-0.4, -0.2) is 14.7 Å². The van der Waals surface area contributed by atoms with E-state index in [-0.39, 0.29) is 0 Å². The van der Waals surface area contributed by atoms with Gasteiger partial charge in [-0.05, 0) is 36.8 Å². The molecule has 2 aromatic carbocycles. The van der Waals surface area contributed by atoms with Crippen LogP contribution in [0.4, 0.5) is 11.4 Å². The van der Waals surface area contributed by atoms with Gasteiger partial charge in [0.15, 0.2) is 0 Å². The van der Waals surface area contributed by atoms with E-state index < -0.39 is 10.0 Å².